The molecule has 0 unspecified atom stereocenters. The number of hydrogen-bond donors (Lipinski definition) is 1. The van der Waals surface area contributed by atoms with Crippen LogP contribution in [-0.4, -0.2) is 19.0 Å². The highest BCUT2D eigenvalue weighted by Gasteiger charge is 2.23. The number of furan rings is 1. The van der Waals surface area contributed by atoms with Gasteiger partial charge in [0.15, 0.2) is 10.4 Å². The van der Waals surface area contributed by atoms with Gasteiger partial charge in [-0.15, -0.1) is 22.7 Å². The molecule has 0 aliphatic carbocycles. The van der Waals surface area contributed by atoms with Crippen LogP contribution in [-0.2, 0) is 4.74 Å². The Labute approximate surface area is 148 Å². The molecular formula is C15H10BrNO4S2. The zero-order chi connectivity index (χ0) is 16.4. The Morgan fingerprint density at radius 1 is 1.26 bits per heavy atom. The standard InChI is InChI=1S/C15H10BrNO4S2/c1-20-15(19)12-8(10-3-2-6-22-10)7-23-14(12)17-13(18)9-4-5-11(16)21-9/h2-7H,1H3,(H,17,18). The molecule has 0 aromatic carbocycles. The highest BCUT2D eigenvalue weighted by Crippen LogP contribution is 2.38. The molecule has 0 atom stereocenters. The molecule has 0 fully saturated rings. The number of carbonyl (C=O) groups excluding carboxylic acids is 2. The highest BCUT2D eigenvalue weighted by molar-refractivity contribution is 9.10. The summed E-state index contributed by atoms with van der Waals surface area (Å²) < 4.78 is 10.5. The molecule has 0 saturated heterocycles. The number of esters is 1. The number of anilines is 1. The lowest BCUT2D eigenvalue weighted by atomic mass is 10.1. The summed E-state index contributed by atoms with van der Waals surface area (Å²) in [6.07, 6.45) is 0. The van der Waals surface area contributed by atoms with Gasteiger partial charge in [0.05, 0.1) is 7.11 Å². The Hall–Kier alpha value is -1.90. The fourth-order valence-corrected chi connectivity index (χ4v) is 4.04. The minimum absolute atomic E-state index is 0.152. The highest BCUT2D eigenvalue weighted by atomic mass is 79.9. The normalized spacial score (nSPS) is 10.5. The van der Waals surface area contributed by atoms with E-state index in [1.807, 2.05) is 22.9 Å². The molecule has 5 nitrogen and oxygen atoms in total. The van der Waals surface area contributed by atoms with E-state index in [0.717, 1.165) is 10.4 Å². The van der Waals surface area contributed by atoms with Gasteiger partial charge in [-0.1, -0.05) is 6.07 Å². The van der Waals surface area contributed by atoms with E-state index in [1.165, 1.54) is 29.8 Å². The summed E-state index contributed by atoms with van der Waals surface area (Å²) >= 11 is 5.93. The molecule has 0 bridgehead atoms. The topological polar surface area (TPSA) is 68.5 Å². The Morgan fingerprint density at radius 2 is 2.09 bits per heavy atom. The predicted molar refractivity (Wildman–Crippen MR) is 93.3 cm³/mol. The van der Waals surface area contributed by atoms with Crippen molar-refractivity contribution < 1.29 is 18.7 Å². The fraction of sp³-hybridized carbons (Fsp3) is 0.0667. The van der Waals surface area contributed by atoms with Crippen molar-refractivity contribution in [1.82, 2.24) is 0 Å². The molecule has 1 amide bonds. The molecule has 3 rings (SSSR count). The second-order valence-electron chi connectivity index (χ2n) is 4.38. The maximum Gasteiger partial charge on any atom is 0.341 e. The van der Waals surface area contributed by atoms with Crippen LogP contribution in [0.5, 0.6) is 0 Å². The zero-order valence-corrected chi connectivity index (χ0v) is 15.0. The molecular weight excluding hydrogens is 402 g/mol. The average molecular weight is 412 g/mol. The maximum atomic E-state index is 12.2. The van der Waals surface area contributed by atoms with E-state index in [0.29, 0.717) is 15.2 Å². The van der Waals surface area contributed by atoms with Crippen LogP contribution < -0.4 is 5.32 Å². The van der Waals surface area contributed by atoms with E-state index in [9.17, 15) is 9.59 Å². The number of methoxy groups -OCH3 is 1. The number of hydrogen-bond acceptors (Lipinski definition) is 6. The number of ether oxygens (including phenoxy) is 1. The SMILES string of the molecule is COC(=O)c1c(-c2cccs2)csc1NC(=O)c1ccc(Br)o1. The number of amides is 1. The smallest absolute Gasteiger partial charge is 0.341 e. The first-order valence-electron chi connectivity index (χ1n) is 6.40. The van der Waals surface area contributed by atoms with Crippen LogP contribution in [0.25, 0.3) is 10.4 Å². The largest absolute Gasteiger partial charge is 0.465 e. The number of carbonyl (C=O) groups is 2. The van der Waals surface area contributed by atoms with Gasteiger partial charge >= 0.3 is 5.97 Å². The maximum absolute atomic E-state index is 12.2. The third-order valence-electron chi connectivity index (χ3n) is 2.99. The minimum Gasteiger partial charge on any atom is -0.465 e. The van der Waals surface area contributed by atoms with Crippen molar-refractivity contribution in [1.29, 1.82) is 0 Å². The van der Waals surface area contributed by atoms with E-state index in [-0.39, 0.29) is 5.76 Å². The molecule has 0 spiro atoms. The third-order valence-corrected chi connectivity index (χ3v) is 5.22. The third kappa shape index (κ3) is 3.24. The van der Waals surface area contributed by atoms with Crippen molar-refractivity contribution in [2.75, 3.05) is 12.4 Å². The summed E-state index contributed by atoms with van der Waals surface area (Å²) in [7, 11) is 1.31. The van der Waals surface area contributed by atoms with E-state index < -0.39 is 11.9 Å². The van der Waals surface area contributed by atoms with Gasteiger partial charge in [-0.25, -0.2) is 4.79 Å². The molecule has 23 heavy (non-hydrogen) atoms. The Kier molecular flexibility index (Phi) is 4.65. The van der Waals surface area contributed by atoms with Gasteiger partial charge in [0.2, 0.25) is 0 Å². The molecule has 118 valence electrons. The van der Waals surface area contributed by atoms with Gasteiger partial charge in [-0.3, -0.25) is 4.79 Å². The van der Waals surface area contributed by atoms with Crippen LogP contribution in [0.1, 0.15) is 20.9 Å². The number of halogens is 1. The van der Waals surface area contributed by atoms with Crippen LogP contribution in [0.2, 0.25) is 0 Å². The van der Waals surface area contributed by atoms with Crippen molar-refractivity contribution in [3.8, 4) is 10.4 Å². The van der Waals surface area contributed by atoms with Crippen LogP contribution in [0.4, 0.5) is 5.00 Å². The van der Waals surface area contributed by atoms with Crippen molar-refractivity contribution >= 4 is 55.5 Å². The summed E-state index contributed by atoms with van der Waals surface area (Å²) in [6.45, 7) is 0. The lowest BCUT2D eigenvalue weighted by Crippen LogP contribution is -2.13. The zero-order valence-electron chi connectivity index (χ0n) is 11.8. The molecule has 3 aromatic heterocycles. The van der Waals surface area contributed by atoms with Crippen molar-refractivity contribution in [3.05, 3.63) is 51.0 Å². The second-order valence-corrected chi connectivity index (χ2v) is 6.99. The fourth-order valence-electron chi connectivity index (χ4n) is 1.97. The Morgan fingerprint density at radius 3 is 2.70 bits per heavy atom. The summed E-state index contributed by atoms with van der Waals surface area (Å²) in [5.41, 5.74) is 1.09. The number of nitrogens with one attached hydrogen (secondary N) is 1. The molecule has 3 aromatic rings. The van der Waals surface area contributed by atoms with E-state index in [4.69, 9.17) is 9.15 Å². The first kappa shape index (κ1) is 16.0. The molecule has 8 heteroatoms. The lowest BCUT2D eigenvalue weighted by Gasteiger charge is -2.05. The van der Waals surface area contributed by atoms with Crippen LogP contribution >= 0.6 is 38.6 Å². The summed E-state index contributed by atoms with van der Waals surface area (Å²) in [5, 5.41) is 6.88. The van der Waals surface area contributed by atoms with Gasteiger partial charge in [-0.2, -0.15) is 0 Å². The van der Waals surface area contributed by atoms with Crippen LogP contribution in [0.15, 0.2) is 44.1 Å². The first-order chi connectivity index (χ1) is 11.1. The van der Waals surface area contributed by atoms with Crippen LogP contribution in [0.3, 0.4) is 0 Å². The first-order valence-corrected chi connectivity index (χ1v) is 8.95. The Bertz CT molecular complexity index is 851. The van der Waals surface area contributed by atoms with E-state index in [1.54, 1.807) is 12.1 Å². The monoisotopic (exact) mass is 411 g/mol. The van der Waals surface area contributed by atoms with Gasteiger partial charge < -0.3 is 14.5 Å². The van der Waals surface area contributed by atoms with Crippen LogP contribution in [0, 0.1) is 0 Å². The van der Waals surface area contributed by atoms with Gasteiger partial charge in [0.25, 0.3) is 5.91 Å². The van der Waals surface area contributed by atoms with E-state index >= 15 is 0 Å². The molecule has 1 N–H and O–H groups in total. The molecule has 0 aliphatic heterocycles. The summed E-state index contributed by atoms with van der Waals surface area (Å²) in [6, 6.07) is 6.98. The van der Waals surface area contributed by atoms with E-state index in [2.05, 4.69) is 21.2 Å². The number of rotatable bonds is 4. The van der Waals surface area contributed by atoms with Gasteiger partial charge in [0, 0.05) is 15.8 Å². The summed E-state index contributed by atoms with van der Waals surface area (Å²) in [5.74, 6) is -0.773. The second kappa shape index (κ2) is 6.69. The minimum atomic E-state index is -0.495. The quantitative estimate of drug-likeness (QED) is 0.621. The van der Waals surface area contributed by atoms with Gasteiger partial charge in [0.1, 0.15) is 10.6 Å². The van der Waals surface area contributed by atoms with Crippen molar-refractivity contribution in [2.24, 2.45) is 0 Å². The molecule has 0 radical (unpaired) electrons. The molecule has 3 heterocycles. The number of thiophene rings is 2. The summed E-state index contributed by atoms with van der Waals surface area (Å²) in [4.78, 5) is 25.3. The Balaban J connectivity index is 1.96. The van der Waals surface area contributed by atoms with Crippen molar-refractivity contribution in [2.45, 2.75) is 0 Å². The molecule has 0 saturated carbocycles. The predicted octanol–water partition coefficient (Wildman–Crippen LogP) is 4.87. The average Bonchev–Trinajstić information content (AvgIpc) is 3.25. The molecule has 0 aliphatic rings. The van der Waals surface area contributed by atoms with Crippen molar-refractivity contribution in [3.63, 3.8) is 0 Å². The van der Waals surface area contributed by atoms with Gasteiger partial charge in [-0.05, 0) is 39.5 Å². The lowest BCUT2D eigenvalue weighted by molar-refractivity contribution is 0.0603.